The minimum atomic E-state index is -3.64. The normalized spacial score (nSPS) is 17.3. The summed E-state index contributed by atoms with van der Waals surface area (Å²) in [7, 11) is -1.62. The van der Waals surface area contributed by atoms with Crippen LogP contribution in [0.3, 0.4) is 0 Å². The van der Waals surface area contributed by atoms with Crippen LogP contribution in [0.4, 0.5) is 0 Å². The third kappa shape index (κ3) is 4.76. The average molecular weight is 339 g/mol. The van der Waals surface area contributed by atoms with Crippen LogP contribution in [-0.2, 0) is 10.0 Å². The molecule has 1 aliphatic heterocycles. The van der Waals surface area contributed by atoms with Crippen molar-refractivity contribution in [2.45, 2.75) is 31.2 Å². The number of piperazine rings is 1. The second-order valence-corrected chi connectivity index (χ2v) is 8.66. The molecule has 0 aliphatic carbocycles. The molecule has 1 aliphatic rings. The lowest BCUT2D eigenvalue weighted by molar-refractivity contribution is 0.0664. The number of sulfonamides is 1. The molecule has 1 aromatic carbocycles. The molecular formula is C16H25N3O3S. The molecule has 0 saturated carbocycles. The predicted octanol–water partition coefficient (Wildman–Crippen LogP) is 1.15. The molecule has 1 N–H and O–H groups in total. The van der Waals surface area contributed by atoms with Crippen molar-refractivity contribution in [2.75, 3.05) is 33.2 Å². The fraction of sp³-hybridized carbons (Fsp3) is 0.562. The van der Waals surface area contributed by atoms with Crippen molar-refractivity contribution in [1.29, 1.82) is 0 Å². The first-order valence-electron chi connectivity index (χ1n) is 7.70. The molecule has 7 heteroatoms. The van der Waals surface area contributed by atoms with Gasteiger partial charge in [-0.3, -0.25) is 4.79 Å². The Morgan fingerprint density at radius 2 is 1.74 bits per heavy atom. The maximum atomic E-state index is 12.6. The molecule has 1 amide bonds. The van der Waals surface area contributed by atoms with Crippen LogP contribution in [0.5, 0.6) is 0 Å². The minimum Gasteiger partial charge on any atom is -0.336 e. The van der Waals surface area contributed by atoms with Gasteiger partial charge in [-0.15, -0.1) is 0 Å². The van der Waals surface area contributed by atoms with Crippen molar-refractivity contribution in [3.63, 3.8) is 0 Å². The van der Waals surface area contributed by atoms with E-state index >= 15 is 0 Å². The summed E-state index contributed by atoms with van der Waals surface area (Å²) >= 11 is 0. The number of likely N-dealkylation sites (N-methyl/N-ethyl adjacent to an activating group) is 1. The van der Waals surface area contributed by atoms with Crippen molar-refractivity contribution in [3.05, 3.63) is 29.8 Å². The van der Waals surface area contributed by atoms with Gasteiger partial charge in [0.05, 0.1) is 4.90 Å². The summed E-state index contributed by atoms with van der Waals surface area (Å²) in [6, 6.07) is 6.24. The SMILES string of the molecule is CN1CCN(C(=O)c2cccc(S(=O)(=O)NC(C)(C)C)c2)CC1. The van der Waals surface area contributed by atoms with Crippen LogP contribution in [-0.4, -0.2) is 62.9 Å². The monoisotopic (exact) mass is 339 g/mol. The Kier molecular flexibility index (Phi) is 5.13. The molecule has 128 valence electrons. The van der Waals surface area contributed by atoms with Crippen LogP contribution in [0.1, 0.15) is 31.1 Å². The van der Waals surface area contributed by atoms with Crippen molar-refractivity contribution in [3.8, 4) is 0 Å². The van der Waals surface area contributed by atoms with Gasteiger partial charge < -0.3 is 9.80 Å². The van der Waals surface area contributed by atoms with Gasteiger partial charge in [-0.1, -0.05) is 6.07 Å². The summed E-state index contributed by atoms with van der Waals surface area (Å²) in [4.78, 5) is 16.6. The molecule has 2 rings (SSSR count). The van der Waals surface area contributed by atoms with Gasteiger partial charge in [-0.2, -0.15) is 0 Å². The van der Waals surface area contributed by atoms with Gasteiger partial charge in [0.25, 0.3) is 5.91 Å². The third-order valence-corrected chi connectivity index (χ3v) is 5.38. The van der Waals surface area contributed by atoms with Gasteiger partial charge in [-0.05, 0) is 46.0 Å². The number of hydrogen-bond acceptors (Lipinski definition) is 4. The van der Waals surface area contributed by atoms with Gasteiger partial charge in [0, 0.05) is 37.3 Å². The van der Waals surface area contributed by atoms with Crippen molar-refractivity contribution >= 4 is 15.9 Å². The van der Waals surface area contributed by atoms with E-state index in [1.165, 1.54) is 12.1 Å². The first-order valence-corrected chi connectivity index (χ1v) is 9.19. The quantitative estimate of drug-likeness (QED) is 0.897. The second-order valence-electron chi connectivity index (χ2n) is 6.98. The van der Waals surface area contributed by atoms with Gasteiger partial charge in [0.2, 0.25) is 10.0 Å². The number of hydrogen-bond donors (Lipinski definition) is 1. The van der Waals surface area contributed by atoms with E-state index in [2.05, 4.69) is 9.62 Å². The summed E-state index contributed by atoms with van der Waals surface area (Å²) in [6.45, 7) is 8.32. The van der Waals surface area contributed by atoms with E-state index in [0.717, 1.165) is 13.1 Å². The summed E-state index contributed by atoms with van der Waals surface area (Å²) in [5, 5.41) is 0. The first-order chi connectivity index (χ1) is 10.6. The van der Waals surface area contributed by atoms with Crippen LogP contribution in [0.25, 0.3) is 0 Å². The maximum Gasteiger partial charge on any atom is 0.253 e. The van der Waals surface area contributed by atoms with Crippen LogP contribution in [0.2, 0.25) is 0 Å². The Balaban J connectivity index is 2.21. The zero-order chi connectivity index (χ0) is 17.3. The second kappa shape index (κ2) is 6.59. The maximum absolute atomic E-state index is 12.6. The van der Waals surface area contributed by atoms with Crippen LogP contribution < -0.4 is 4.72 Å². The highest BCUT2D eigenvalue weighted by Crippen LogP contribution is 2.16. The number of amides is 1. The largest absolute Gasteiger partial charge is 0.336 e. The predicted molar refractivity (Wildman–Crippen MR) is 89.9 cm³/mol. The molecule has 0 unspecified atom stereocenters. The molecule has 6 nitrogen and oxygen atoms in total. The van der Waals surface area contributed by atoms with Crippen molar-refractivity contribution in [1.82, 2.24) is 14.5 Å². The summed E-state index contributed by atoms with van der Waals surface area (Å²) in [5.74, 6) is -0.120. The van der Waals surface area contributed by atoms with Crippen molar-refractivity contribution in [2.24, 2.45) is 0 Å². The molecule has 0 radical (unpaired) electrons. The van der Waals surface area contributed by atoms with E-state index < -0.39 is 15.6 Å². The Bertz CT molecular complexity index is 672. The molecule has 1 saturated heterocycles. The Morgan fingerprint density at radius 3 is 2.30 bits per heavy atom. The van der Waals surface area contributed by atoms with E-state index in [9.17, 15) is 13.2 Å². The Morgan fingerprint density at radius 1 is 1.13 bits per heavy atom. The number of nitrogens with zero attached hydrogens (tertiary/aromatic N) is 2. The molecule has 0 aromatic heterocycles. The number of carbonyl (C=O) groups excluding carboxylic acids is 1. The van der Waals surface area contributed by atoms with E-state index in [-0.39, 0.29) is 10.8 Å². The van der Waals surface area contributed by atoms with Crippen molar-refractivity contribution < 1.29 is 13.2 Å². The molecule has 1 heterocycles. The van der Waals surface area contributed by atoms with Gasteiger partial charge in [-0.25, -0.2) is 13.1 Å². The molecule has 0 atom stereocenters. The minimum absolute atomic E-state index is 0.118. The van der Waals surface area contributed by atoms with Gasteiger partial charge in [0.1, 0.15) is 0 Å². The highest BCUT2D eigenvalue weighted by atomic mass is 32.2. The van der Waals surface area contributed by atoms with Crippen LogP contribution in [0.15, 0.2) is 29.2 Å². The number of benzene rings is 1. The molecule has 0 bridgehead atoms. The van der Waals surface area contributed by atoms with E-state index in [1.54, 1.807) is 37.8 Å². The molecule has 23 heavy (non-hydrogen) atoms. The summed E-state index contributed by atoms with van der Waals surface area (Å²) in [6.07, 6.45) is 0. The molecule has 1 aromatic rings. The van der Waals surface area contributed by atoms with Crippen LogP contribution >= 0.6 is 0 Å². The number of carbonyl (C=O) groups is 1. The Labute approximate surface area is 138 Å². The zero-order valence-corrected chi connectivity index (χ0v) is 15.0. The zero-order valence-electron chi connectivity index (χ0n) is 14.2. The first kappa shape index (κ1) is 17.9. The third-order valence-electron chi connectivity index (χ3n) is 3.62. The fourth-order valence-electron chi connectivity index (χ4n) is 2.45. The molecular weight excluding hydrogens is 314 g/mol. The van der Waals surface area contributed by atoms with Gasteiger partial charge in [0.15, 0.2) is 0 Å². The highest BCUT2D eigenvalue weighted by molar-refractivity contribution is 7.89. The molecule has 1 fully saturated rings. The van der Waals surface area contributed by atoms with Crippen LogP contribution in [0, 0.1) is 0 Å². The molecule has 0 spiro atoms. The topological polar surface area (TPSA) is 69.7 Å². The lowest BCUT2D eigenvalue weighted by atomic mass is 10.1. The van der Waals surface area contributed by atoms with Gasteiger partial charge >= 0.3 is 0 Å². The summed E-state index contributed by atoms with van der Waals surface area (Å²) in [5.41, 5.74) is -0.164. The summed E-state index contributed by atoms with van der Waals surface area (Å²) < 4.78 is 27.4. The number of rotatable bonds is 3. The highest BCUT2D eigenvalue weighted by Gasteiger charge is 2.24. The Hall–Kier alpha value is -1.44. The lowest BCUT2D eigenvalue weighted by Gasteiger charge is -2.32. The number of nitrogens with one attached hydrogen (secondary N) is 1. The van der Waals surface area contributed by atoms with E-state index in [4.69, 9.17) is 0 Å². The lowest BCUT2D eigenvalue weighted by Crippen LogP contribution is -2.47. The van der Waals surface area contributed by atoms with E-state index in [1.807, 2.05) is 7.05 Å². The smallest absolute Gasteiger partial charge is 0.253 e. The van der Waals surface area contributed by atoms with E-state index in [0.29, 0.717) is 18.7 Å². The average Bonchev–Trinajstić information content (AvgIpc) is 2.45. The fourth-order valence-corrected chi connectivity index (χ4v) is 3.91. The standard InChI is InChI=1S/C16H25N3O3S/c1-16(2,3)17-23(21,22)14-7-5-6-13(12-14)15(20)19-10-8-18(4)9-11-19/h5-7,12,17H,8-11H2,1-4H3.